The molecule has 2 N–H and O–H groups in total. The molecular formula is C19H31N5O3. The summed E-state index contributed by atoms with van der Waals surface area (Å²) in [6.07, 6.45) is 3.03. The number of aryl methyl sites for hydroxylation is 1. The highest BCUT2D eigenvalue weighted by molar-refractivity contribution is 5.70. The summed E-state index contributed by atoms with van der Waals surface area (Å²) in [6.45, 7) is 8.76. The summed E-state index contributed by atoms with van der Waals surface area (Å²) in [7, 11) is 1.80. The number of hydrazine groups is 1. The Morgan fingerprint density at radius 2 is 2.04 bits per heavy atom. The lowest BCUT2D eigenvalue weighted by atomic mass is 9.84. The van der Waals surface area contributed by atoms with Gasteiger partial charge in [0.2, 0.25) is 5.95 Å². The molecule has 0 amide bonds. The van der Waals surface area contributed by atoms with Gasteiger partial charge in [-0.15, -0.1) is 0 Å². The minimum Gasteiger partial charge on any atom is -0.460 e. The van der Waals surface area contributed by atoms with Crippen LogP contribution in [-0.2, 0) is 27.1 Å². The quantitative estimate of drug-likeness (QED) is 0.592. The van der Waals surface area contributed by atoms with Crippen LogP contribution in [-0.4, -0.2) is 54.9 Å². The van der Waals surface area contributed by atoms with Gasteiger partial charge in [0.05, 0.1) is 18.9 Å². The highest BCUT2D eigenvalue weighted by Crippen LogP contribution is 2.34. The van der Waals surface area contributed by atoms with Crippen LogP contribution < -0.4 is 15.8 Å². The molecule has 27 heavy (non-hydrogen) atoms. The third-order valence-corrected chi connectivity index (χ3v) is 4.78. The number of nitrogens with zero attached hydrogens (tertiary/aromatic N) is 3. The zero-order chi connectivity index (χ0) is 19.4. The Balaban J connectivity index is 1.79. The number of ether oxygens (including phenoxy) is 2. The van der Waals surface area contributed by atoms with Gasteiger partial charge in [0.1, 0.15) is 11.4 Å². The topological polar surface area (TPSA) is 88.6 Å². The van der Waals surface area contributed by atoms with Gasteiger partial charge in [-0.05, 0) is 46.0 Å². The molecule has 1 atom stereocenters. The van der Waals surface area contributed by atoms with Gasteiger partial charge in [-0.3, -0.25) is 10.2 Å². The van der Waals surface area contributed by atoms with Gasteiger partial charge in [-0.25, -0.2) is 10.4 Å². The number of anilines is 2. The van der Waals surface area contributed by atoms with E-state index in [0.717, 1.165) is 43.9 Å². The molecular weight excluding hydrogens is 346 g/mol. The molecule has 1 unspecified atom stereocenters. The average molecular weight is 377 g/mol. The molecule has 150 valence electrons. The van der Waals surface area contributed by atoms with Crippen LogP contribution in [0, 0.1) is 5.92 Å². The second-order valence-electron chi connectivity index (χ2n) is 8.17. The summed E-state index contributed by atoms with van der Waals surface area (Å²) in [5.74, 6) is 1.69. The van der Waals surface area contributed by atoms with Crippen molar-refractivity contribution >= 4 is 17.7 Å². The van der Waals surface area contributed by atoms with E-state index >= 15 is 0 Å². The monoisotopic (exact) mass is 377 g/mol. The number of morpholine rings is 1. The minimum atomic E-state index is -0.445. The van der Waals surface area contributed by atoms with Gasteiger partial charge >= 0.3 is 5.97 Å². The molecule has 2 aliphatic rings. The van der Waals surface area contributed by atoms with Crippen molar-refractivity contribution in [2.45, 2.75) is 52.1 Å². The Morgan fingerprint density at radius 1 is 1.30 bits per heavy atom. The van der Waals surface area contributed by atoms with Gasteiger partial charge in [-0.1, -0.05) is 0 Å². The van der Waals surface area contributed by atoms with Crippen molar-refractivity contribution < 1.29 is 14.3 Å². The zero-order valence-corrected chi connectivity index (χ0v) is 16.8. The lowest BCUT2D eigenvalue weighted by Gasteiger charge is -2.33. The van der Waals surface area contributed by atoms with Crippen LogP contribution in [0.4, 0.5) is 11.8 Å². The third kappa shape index (κ3) is 5.29. The van der Waals surface area contributed by atoms with Gasteiger partial charge in [0.15, 0.2) is 0 Å². The Hall–Kier alpha value is -1.93. The number of rotatable bonds is 5. The first-order chi connectivity index (χ1) is 12.9. The summed E-state index contributed by atoms with van der Waals surface area (Å²) in [5, 5.41) is 0. The van der Waals surface area contributed by atoms with Gasteiger partial charge < -0.3 is 14.4 Å². The van der Waals surface area contributed by atoms with Crippen molar-refractivity contribution in [1.29, 1.82) is 0 Å². The Kier molecular flexibility index (Phi) is 6.16. The Bertz CT molecular complexity index is 668. The Labute approximate surface area is 161 Å². The number of hydrogen-bond donors (Lipinski definition) is 2. The molecule has 1 saturated heterocycles. The van der Waals surface area contributed by atoms with Crippen molar-refractivity contribution in [1.82, 2.24) is 15.4 Å². The molecule has 3 rings (SSSR count). The normalized spacial score (nSPS) is 20.1. The summed E-state index contributed by atoms with van der Waals surface area (Å²) < 4.78 is 11.0. The van der Waals surface area contributed by atoms with E-state index < -0.39 is 5.60 Å². The Morgan fingerprint density at radius 3 is 2.70 bits per heavy atom. The van der Waals surface area contributed by atoms with Crippen LogP contribution in [0.15, 0.2) is 0 Å². The van der Waals surface area contributed by atoms with E-state index in [1.54, 1.807) is 7.05 Å². The van der Waals surface area contributed by atoms with E-state index in [-0.39, 0.29) is 11.9 Å². The molecule has 8 heteroatoms. The molecule has 2 heterocycles. The molecule has 1 aliphatic heterocycles. The largest absolute Gasteiger partial charge is 0.460 e. The molecule has 0 bridgehead atoms. The number of esters is 1. The first kappa shape index (κ1) is 19.8. The fraction of sp³-hybridized carbons (Fsp3) is 0.737. The van der Waals surface area contributed by atoms with E-state index in [4.69, 9.17) is 14.5 Å². The second kappa shape index (κ2) is 8.39. The van der Waals surface area contributed by atoms with Gasteiger partial charge in [0.25, 0.3) is 0 Å². The van der Waals surface area contributed by atoms with Crippen molar-refractivity contribution in [3.8, 4) is 0 Å². The fourth-order valence-electron chi connectivity index (χ4n) is 3.66. The molecule has 8 nitrogen and oxygen atoms in total. The molecule has 0 saturated carbocycles. The second-order valence-corrected chi connectivity index (χ2v) is 8.17. The molecule has 0 spiro atoms. The van der Waals surface area contributed by atoms with Crippen LogP contribution in [0.2, 0.25) is 0 Å². The molecule has 1 aliphatic carbocycles. The van der Waals surface area contributed by atoms with E-state index in [1.165, 1.54) is 5.56 Å². The SMILES string of the molecule is CNNc1nc2c(c(N3CCOCC3)n1)CC(CC(=O)OC(C)(C)C)CC2. The number of aromatic nitrogens is 2. The maximum absolute atomic E-state index is 12.3. The number of carbonyl (C=O) groups excluding carboxylic acids is 1. The first-order valence-electron chi connectivity index (χ1n) is 9.73. The average Bonchev–Trinajstić information content (AvgIpc) is 2.60. The van der Waals surface area contributed by atoms with Crippen LogP contribution in [0.3, 0.4) is 0 Å². The minimum absolute atomic E-state index is 0.127. The van der Waals surface area contributed by atoms with Crippen molar-refractivity contribution in [3.05, 3.63) is 11.3 Å². The maximum Gasteiger partial charge on any atom is 0.306 e. The number of hydrogen-bond acceptors (Lipinski definition) is 8. The molecule has 0 aromatic carbocycles. The first-order valence-corrected chi connectivity index (χ1v) is 9.73. The maximum atomic E-state index is 12.3. The summed E-state index contributed by atoms with van der Waals surface area (Å²) >= 11 is 0. The van der Waals surface area contributed by atoms with Gasteiger partial charge in [0, 0.05) is 32.1 Å². The van der Waals surface area contributed by atoms with Gasteiger partial charge in [-0.2, -0.15) is 4.98 Å². The molecule has 0 radical (unpaired) electrons. The van der Waals surface area contributed by atoms with Crippen molar-refractivity contribution in [2.24, 2.45) is 5.92 Å². The number of nitrogens with one attached hydrogen (secondary N) is 2. The lowest BCUT2D eigenvalue weighted by molar-refractivity contribution is -0.156. The van der Waals surface area contributed by atoms with Crippen LogP contribution >= 0.6 is 0 Å². The smallest absolute Gasteiger partial charge is 0.306 e. The predicted molar refractivity (Wildman–Crippen MR) is 104 cm³/mol. The highest BCUT2D eigenvalue weighted by Gasteiger charge is 2.29. The van der Waals surface area contributed by atoms with E-state index in [1.807, 2.05) is 20.8 Å². The van der Waals surface area contributed by atoms with E-state index in [0.29, 0.717) is 25.6 Å². The molecule has 1 aromatic heterocycles. The summed E-state index contributed by atoms with van der Waals surface area (Å²) in [6, 6.07) is 0. The standard InChI is InChI=1S/C19H31N5O3/c1-19(2,3)27-16(25)12-13-5-6-15-14(11-13)17(22-18(21-15)23-20-4)24-7-9-26-10-8-24/h13,20H,5-12H2,1-4H3,(H,21,22,23). The zero-order valence-electron chi connectivity index (χ0n) is 16.8. The van der Waals surface area contributed by atoms with Crippen LogP contribution in [0.1, 0.15) is 44.9 Å². The fourth-order valence-corrected chi connectivity index (χ4v) is 3.66. The molecule has 1 fully saturated rings. The summed E-state index contributed by atoms with van der Waals surface area (Å²) in [4.78, 5) is 23.9. The van der Waals surface area contributed by atoms with E-state index in [9.17, 15) is 4.79 Å². The number of carbonyl (C=O) groups is 1. The van der Waals surface area contributed by atoms with Crippen LogP contribution in [0.5, 0.6) is 0 Å². The summed E-state index contributed by atoms with van der Waals surface area (Å²) in [5.41, 5.74) is 7.69. The van der Waals surface area contributed by atoms with E-state index in [2.05, 4.69) is 20.7 Å². The lowest BCUT2D eigenvalue weighted by Crippen LogP contribution is -2.38. The third-order valence-electron chi connectivity index (χ3n) is 4.78. The molecule has 1 aromatic rings. The van der Waals surface area contributed by atoms with Crippen LogP contribution in [0.25, 0.3) is 0 Å². The highest BCUT2D eigenvalue weighted by atomic mass is 16.6. The predicted octanol–water partition coefficient (Wildman–Crippen LogP) is 1.70. The van der Waals surface area contributed by atoms with Crippen molar-refractivity contribution in [2.75, 3.05) is 43.7 Å². The number of fused-ring (bicyclic) bond motifs is 1. The van der Waals surface area contributed by atoms with Crippen molar-refractivity contribution in [3.63, 3.8) is 0 Å².